The fourth-order valence-corrected chi connectivity index (χ4v) is 6.17. The number of alkyl halides is 1. The van der Waals surface area contributed by atoms with Gasteiger partial charge in [0.15, 0.2) is 0 Å². The molecule has 1 unspecified atom stereocenters. The Balaban J connectivity index is 1.79. The molecule has 0 spiro atoms. The number of ketones is 2. The van der Waals surface area contributed by atoms with Crippen molar-refractivity contribution >= 4 is 11.6 Å². The van der Waals surface area contributed by atoms with E-state index in [-0.39, 0.29) is 34.6 Å². The minimum atomic E-state index is -1.17. The van der Waals surface area contributed by atoms with Gasteiger partial charge in [0.05, 0.1) is 5.70 Å². The molecule has 4 heteroatoms. The predicted octanol–water partition coefficient (Wildman–Crippen LogP) is 3.10. The maximum Gasteiger partial charge on any atom is 0.201 e. The first-order valence-electron chi connectivity index (χ1n) is 8.70. The van der Waals surface area contributed by atoms with E-state index in [4.69, 9.17) is 5.73 Å². The number of carbonyl (C=O) groups excluding carboxylic acids is 2. The standard InChI is InChI=1S/C19H24FNO2/c1-18-7-5-12-10(11(18)3-4-15(18)23)9-13(20)16-17(21)14(22)6-8-19(12,16)2/h6,8,10-13H,3-5,7,9,21H2,1-2H3/t10-,11-,12-,13?,18-,19+/m0/s1. The first kappa shape index (κ1) is 15.1. The SMILES string of the molecule is C[C@]12C=CC(=O)C(N)=C1C(F)C[C@@H]1[C@@H]2CC[C@]2(C)C(=O)CC[C@@H]12. The predicted molar refractivity (Wildman–Crippen MR) is 85.0 cm³/mol. The number of rotatable bonds is 0. The molecule has 23 heavy (non-hydrogen) atoms. The van der Waals surface area contributed by atoms with E-state index in [2.05, 4.69) is 6.92 Å². The quantitative estimate of drug-likeness (QED) is 0.747. The highest BCUT2D eigenvalue weighted by molar-refractivity contribution is 6.05. The van der Waals surface area contributed by atoms with Crippen molar-refractivity contribution in [2.75, 3.05) is 0 Å². The van der Waals surface area contributed by atoms with Crippen LogP contribution in [-0.2, 0) is 9.59 Å². The summed E-state index contributed by atoms with van der Waals surface area (Å²) in [5.41, 5.74) is 5.83. The Labute approximate surface area is 136 Å². The summed E-state index contributed by atoms with van der Waals surface area (Å²) in [6, 6.07) is 0. The second-order valence-corrected chi connectivity index (χ2v) is 8.31. The second-order valence-electron chi connectivity index (χ2n) is 8.31. The van der Waals surface area contributed by atoms with Gasteiger partial charge in [0.1, 0.15) is 12.0 Å². The van der Waals surface area contributed by atoms with Gasteiger partial charge in [-0.1, -0.05) is 19.9 Å². The van der Waals surface area contributed by atoms with E-state index in [0.29, 0.717) is 24.2 Å². The molecule has 0 amide bonds. The molecule has 0 saturated heterocycles. The lowest BCUT2D eigenvalue weighted by Gasteiger charge is -2.56. The number of hydrogen-bond donors (Lipinski definition) is 1. The van der Waals surface area contributed by atoms with Crippen LogP contribution in [-0.4, -0.2) is 17.7 Å². The van der Waals surface area contributed by atoms with Gasteiger partial charge in [-0.3, -0.25) is 9.59 Å². The van der Waals surface area contributed by atoms with Crippen molar-refractivity contribution < 1.29 is 14.0 Å². The third-order valence-corrected chi connectivity index (χ3v) is 7.43. The number of hydrogen-bond acceptors (Lipinski definition) is 3. The molecule has 4 aliphatic carbocycles. The van der Waals surface area contributed by atoms with Gasteiger partial charge < -0.3 is 5.73 Å². The molecule has 4 rings (SSSR count). The van der Waals surface area contributed by atoms with Gasteiger partial charge in [0.2, 0.25) is 5.78 Å². The van der Waals surface area contributed by atoms with Gasteiger partial charge in [-0.15, -0.1) is 0 Å². The van der Waals surface area contributed by atoms with Gasteiger partial charge in [-0.25, -0.2) is 4.39 Å². The topological polar surface area (TPSA) is 60.2 Å². The fraction of sp³-hybridized carbons (Fsp3) is 0.684. The lowest BCUT2D eigenvalue weighted by atomic mass is 9.48. The summed E-state index contributed by atoms with van der Waals surface area (Å²) in [5, 5.41) is 0. The molecular weight excluding hydrogens is 293 g/mol. The Hall–Kier alpha value is -1.45. The van der Waals surface area contributed by atoms with Gasteiger partial charge in [0, 0.05) is 22.8 Å². The first-order chi connectivity index (χ1) is 10.8. The minimum Gasteiger partial charge on any atom is -0.395 e. The van der Waals surface area contributed by atoms with Crippen molar-refractivity contribution in [1.82, 2.24) is 0 Å². The molecule has 0 heterocycles. The van der Waals surface area contributed by atoms with E-state index in [1.165, 1.54) is 6.08 Å². The van der Waals surface area contributed by atoms with Crippen molar-refractivity contribution in [3.8, 4) is 0 Å². The molecule has 3 nitrogen and oxygen atoms in total. The molecule has 124 valence electrons. The zero-order valence-electron chi connectivity index (χ0n) is 13.8. The Bertz CT molecular complexity index is 666. The van der Waals surface area contributed by atoms with E-state index in [9.17, 15) is 9.59 Å². The minimum absolute atomic E-state index is 0.108. The van der Waals surface area contributed by atoms with Crippen LogP contribution in [0.5, 0.6) is 0 Å². The van der Waals surface area contributed by atoms with Crippen LogP contribution in [0.1, 0.15) is 46.0 Å². The van der Waals surface area contributed by atoms with Gasteiger partial charge in [-0.2, -0.15) is 0 Å². The molecule has 0 aromatic heterocycles. The number of halogens is 1. The Morgan fingerprint density at radius 2 is 1.96 bits per heavy atom. The third-order valence-electron chi connectivity index (χ3n) is 7.43. The van der Waals surface area contributed by atoms with Crippen LogP contribution in [0.2, 0.25) is 0 Å². The number of nitrogens with two attached hydrogens (primary N) is 1. The first-order valence-corrected chi connectivity index (χ1v) is 8.70. The summed E-state index contributed by atoms with van der Waals surface area (Å²) in [6.07, 6.45) is 5.93. The molecule has 0 aliphatic heterocycles. The van der Waals surface area contributed by atoms with E-state index < -0.39 is 11.6 Å². The average molecular weight is 317 g/mol. The van der Waals surface area contributed by atoms with Crippen molar-refractivity contribution in [1.29, 1.82) is 0 Å². The number of fused-ring (bicyclic) bond motifs is 5. The van der Waals surface area contributed by atoms with E-state index in [1.807, 2.05) is 13.0 Å². The summed E-state index contributed by atoms with van der Waals surface area (Å²) >= 11 is 0. The van der Waals surface area contributed by atoms with E-state index in [0.717, 1.165) is 19.3 Å². The zero-order valence-corrected chi connectivity index (χ0v) is 13.8. The van der Waals surface area contributed by atoms with Crippen LogP contribution in [0.3, 0.4) is 0 Å². The molecule has 3 saturated carbocycles. The third kappa shape index (κ3) is 1.75. The normalized spacial score (nSPS) is 49.0. The lowest BCUT2D eigenvalue weighted by molar-refractivity contribution is -0.132. The fourth-order valence-electron chi connectivity index (χ4n) is 6.17. The molecule has 2 N–H and O–H groups in total. The molecule has 6 atom stereocenters. The van der Waals surface area contributed by atoms with Crippen LogP contribution in [0.4, 0.5) is 4.39 Å². The molecule has 4 aliphatic rings. The molecular formula is C19H24FNO2. The summed E-state index contributed by atoms with van der Waals surface area (Å²) in [6.45, 7) is 4.11. The Morgan fingerprint density at radius 1 is 1.22 bits per heavy atom. The van der Waals surface area contributed by atoms with Crippen LogP contribution in [0, 0.1) is 28.6 Å². The molecule has 0 aromatic carbocycles. The highest BCUT2D eigenvalue weighted by atomic mass is 19.1. The maximum absolute atomic E-state index is 15.0. The number of carbonyl (C=O) groups is 2. The summed E-state index contributed by atoms with van der Waals surface area (Å²) in [7, 11) is 0. The average Bonchev–Trinajstić information content (AvgIpc) is 2.79. The van der Waals surface area contributed by atoms with Crippen molar-refractivity contribution in [3.05, 3.63) is 23.4 Å². The second kappa shape index (κ2) is 4.55. The Kier molecular flexibility index (Phi) is 2.99. The highest BCUT2D eigenvalue weighted by Crippen LogP contribution is 2.64. The number of Topliss-reactive ketones (excluding diaryl/α,β-unsaturated/α-hetero) is 1. The molecule has 0 aromatic rings. The summed E-state index contributed by atoms with van der Waals surface area (Å²) in [5.74, 6) is 0.843. The smallest absolute Gasteiger partial charge is 0.201 e. The maximum atomic E-state index is 15.0. The van der Waals surface area contributed by atoms with E-state index >= 15 is 4.39 Å². The summed E-state index contributed by atoms with van der Waals surface area (Å²) < 4.78 is 15.0. The zero-order chi connectivity index (χ0) is 16.6. The molecule has 3 fully saturated rings. The summed E-state index contributed by atoms with van der Waals surface area (Å²) in [4.78, 5) is 24.3. The van der Waals surface area contributed by atoms with Crippen LogP contribution in [0.15, 0.2) is 23.4 Å². The monoisotopic (exact) mass is 317 g/mol. The largest absolute Gasteiger partial charge is 0.395 e. The van der Waals surface area contributed by atoms with Crippen LogP contribution < -0.4 is 5.73 Å². The van der Waals surface area contributed by atoms with Gasteiger partial charge in [0.25, 0.3) is 0 Å². The molecule has 0 radical (unpaired) electrons. The lowest BCUT2D eigenvalue weighted by Crippen LogP contribution is -2.53. The number of allylic oxidation sites excluding steroid dienone is 3. The van der Waals surface area contributed by atoms with Gasteiger partial charge in [-0.05, 0) is 49.5 Å². The highest BCUT2D eigenvalue weighted by Gasteiger charge is 2.60. The van der Waals surface area contributed by atoms with Crippen LogP contribution in [0.25, 0.3) is 0 Å². The molecule has 0 bridgehead atoms. The van der Waals surface area contributed by atoms with E-state index in [1.54, 1.807) is 0 Å². The van der Waals surface area contributed by atoms with Crippen molar-refractivity contribution in [2.45, 2.75) is 52.1 Å². The van der Waals surface area contributed by atoms with Crippen LogP contribution >= 0.6 is 0 Å². The van der Waals surface area contributed by atoms with Crippen molar-refractivity contribution in [3.63, 3.8) is 0 Å². The van der Waals surface area contributed by atoms with Crippen molar-refractivity contribution in [2.24, 2.45) is 34.3 Å². The Morgan fingerprint density at radius 3 is 2.70 bits per heavy atom. The van der Waals surface area contributed by atoms with Gasteiger partial charge >= 0.3 is 0 Å².